The van der Waals surface area contributed by atoms with Crippen LogP contribution in [0.1, 0.15) is 45.1 Å². The normalized spacial score (nSPS) is 15.4. The lowest BCUT2D eigenvalue weighted by molar-refractivity contribution is 0.199. The van der Waals surface area contributed by atoms with Gasteiger partial charge in [0, 0.05) is 17.6 Å². The highest BCUT2D eigenvalue weighted by Gasteiger charge is 2.32. The molecule has 0 atom stereocenters. The van der Waals surface area contributed by atoms with E-state index in [2.05, 4.69) is 24.5 Å². The summed E-state index contributed by atoms with van der Waals surface area (Å²) in [5.41, 5.74) is 0.711. The molecule has 3 N–H and O–H groups in total. The molecule has 0 unspecified atom stereocenters. The van der Waals surface area contributed by atoms with Crippen LogP contribution in [0.25, 0.3) is 0 Å². The van der Waals surface area contributed by atoms with Crippen molar-refractivity contribution in [1.29, 1.82) is 0 Å². The van der Waals surface area contributed by atoms with Crippen molar-refractivity contribution in [1.82, 2.24) is 10.6 Å². The number of urea groups is 1. The molecule has 0 radical (unpaired) electrons. The van der Waals surface area contributed by atoms with Crippen LogP contribution >= 0.6 is 0 Å². The number of aliphatic hydroxyl groups excluding tert-OH is 1. The second-order valence-corrected chi connectivity index (χ2v) is 6.69. The maximum absolute atomic E-state index is 12.2. The van der Waals surface area contributed by atoms with Crippen molar-refractivity contribution in [3.8, 4) is 5.75 Å². The third kappa shape index (κ3) is 5.13. The SMILES string of the molecule is CC(C)(NC(=O)NCc1ccccc1OCCO)C1CCCC1. The van der Waals surface area contributed by atoms with Gasteiger partial charge >= 0.3 is 6.03 Å². The zero-order chi connectivity index (χ0) is 16.7. The van der Waals surface area contributed by atoms with Crippen LogP contribution in [-0.2, 0) is 6.54 Å². The smallest absolute Gasteiger partial charge is 0.315 e. The number of carbonyl (C=O) groups is 1. The number of hydrogen-bond acceptors (Lipinski definition) is 3. The van der Waals surface area contributed by atoms with Crippen LogP contribution in [0, 0.1) is 5.92 Å². The summed E-state index contributed by atoms with van der Waals surface area (Å²) in [6.07, 6.45) is 4.89. The molecule has 0 spiro atoms. The zero-order valence-electron chi connectivity index (χ0n) is 14.1. The number of benzene rings is 1. The molecule has 5 heteroatoms. The number of hydrogen-bond donors (Lipinski definition) is 3. The van der Waals surface area contributed by atoms with Crippen molar-refractivity contribution in [2.45, 2.75) is 51.6 Å². The number of rotatable bonds is 7. The third-order valence-corrected chi connectivity index (χ3v) is 4.57. The molecule has 0 saturated heterocycles. The molecule has 1 aromatic rings. The minimum Gasteiger partial charge on any atom is -0.491 e. The Balaban J connectivity index is 1.86. The van der Waals surface area contributed by atoms with E-state index in [1.807, 2.05) is 24.3 Å². The minimum absolute atomic E-state index is 0.0299. The highest BCUT2D eigenvalue weighted by molar-refractivity contribution is 5.74. The number of aliphatic hydroxyl groups is 1. The second kappa shape index (κ2) is 8.20. The van der Waals surface area contributed by atoms with Crippen LogP contribution in [0.15, 0.2) is 24.3 Å². The largest absolute Gasteiger partial charge is 0.491 e. The topological polar surface area (TPSA) is 70.6 Å². The van der Waals surface area contributed by atoms with Gasteiger partial charge in [-0.3, -0.25) is 0 Å². The second-order valence-electron chi connectivity index (χ2n) is 6.69. The Bertz CT molecular complexity index is 511. The van der Waals surface area contributed by atoms with Gasteiger partial charge in [0.2, 0.25) is 0 Å². The number of ether oxygens (including phenoxy) is 1. The molecule has 0 bridgehead atoms. The fourth-order valence-corrected chi connectivity index (χ4v) is 3.21. The monoisotopic (exact) mass is 320 g/mol. The summed E-state index contributed by atoms with van der Waals surface area (Å²) in [4.78, 5) is 12.2. The van der Waals surface area contributed by atoms with Gasteiger partial charge in [-0.1, -0.05) is 31.0 Å². The molecule has 1 saturated carbocycles. The molecule has 1 aliphatic rings. The van der Waals surface area contributed by atoms with Crippen LogP contribution in [0.4, 0.5) is 4.79 Å². The third-order valence-electron chi connectivity index (χ3n) is 4.57. The van der Waals surface area contributed by atoms with Gasteiger partial charge in [0.1, 0.15) is 12.4 Å². The van der Waals surface area contributed by atoms with Gasteiger partial charge in [-0.2, -0.15) is 0 Å². The molecule has 1 aliphatic carbocycles. The van der Waals surface area contributed by atoms with E-state index in [1.54, 1.807) is 0 Å². The Morgan fingerprint density at radius 3 is 2.70 bits per heavy atom. The highest BCUT2D eigenvalue weighted by atomic mass is 16.5. The van der Waals surface area contributed by atoms with Gasteiger partial charge in [-0.25, -0.2) is 4.79 Å². The Morgan fingerprint density at radius 1 is 1.30 bits per heavy atom. The average Bonchev–Trinajstić information content (AvgIpc) is 3.06. The van der Waals surface area contributed by atoms with Crippen molar-refractivity contribution in [3.05, 3.63) is 29.8 Å². The van der Waals surface area contributed by atoms with Crippen LogP contribution in [-0.4, -0.2) is 29.9 Å². The van der Waals surface area contributed by atoms with Crippen LogP contribution in [0.2, 0.25) is 0 Å². The maximum Gasteiger partial charge on any atom is 0.315 e. The number of carbonyl (C=O) groups excluding carboxylic acids is 1. The van der Waals surface area contributed by atoms with Gasteiger partial charge in [-0.05, 0) is 38.7 Å². The highest BCUT2D eigenvalue weighted by Crippen LogP contribution is 2.33. The molecule has 23 heavy (non-hydrogen) atoms. The maximum atomic E-state index is 12.2. The molecular weight excluding hydrogens is 292 g/mol. The molecule has 1 aromatic carbocycles. The summed E-state index contributed by atoms with van der Waals surface area (Å²) in [5, 5.41) is 14.9. The van der Waals surface area contributed by atoms with Gasteiger partial charge in [-0.15, -0.1) is 0 Å². The summed E-state index contributed by atoms with van der Waals surface area (Å²) >= 11 is 0. The Morgan fingerprint density at radius 2 is 2.00 bits per heavy atom. The van der Waals surface area contributed by atoms with Crippen LogP contribution < -0.4 is 15.4 Å². The molecule has 2 rings (SSSR count). The number of nitrogens with one attached hydrogen (secondary N) is 2. The molecule has 2 amide bonds. The summed E-state index contributed by atoms with van der Waals surface area (Å²) < 4.78 is 5.48. The molecule has 0 heterocycles. The van der Waals surface area contributed by atoms with Crippen molar-refractivity contribution in [2.75, 3.05) is 13.2 Å². The standard InChI is InChI=1S/C18H28N2O3/c1-18(2,15-8-4-5-9-15)20-17(22)19-13-14-7-3-6-10-16(14)23-12-11-21/h3,6-7,10,15,21H,4-5,8-9,11-13H2,1-2H3,(H2,19,20,22). The van der Waals surface area contributed by atoms with Crippen molar-refractivity contribution < 1.29 is 14.6 Å². The van der Waals surface area contributed by atoms with Crippen molar-refractivity contribution >= 4 is 6.03 Å². The van der Waals surface area contributed by atoms with E-state index in [0.29, 0.717) is 18.2 Å². The molecule has 5 nitrogen and oxygen atoms in total. The van der Waals surface area contributed by atoms with Crippen molar-refractivity contribution in [3.63, 3.8) is 0 Å². The lowest BCUT2D eigenvalue weighted by atomic mass is 9.86. The number of amides is 2. The Kier molecular flexibility index (Phi) is 6.28. The predicted octanol–water partition coefficient (Wildman–Crippen LogP) is 2.83. The van der Waals surface area contributed by atoms with Crippen LogP contribution in [0.5, 0.6) is 5.75 Å². The minimum atomic E-state index is -0.187. The summed E-state index contributed by atoms with van der Waals surface area (Å²) in [6, 6.07) is 7.38. The molecule has 1 fully saturated rings. The Hall–Kier alpha value is -1.75. The quantitative estimate of drug-likeness (QED) is 0.723. The first-order valence-corrected chi connectivity index (χ1v) is 8.40. The van der Waals surface area contributed by atoms with Gasteiger partial charge in [0.25, 0.3) is 0 Å². The average molecular weight is 320 g/mol. The lowest BCUT2D eigenvalue weighted by Gasteiger charge is -2.32. The van der Waals surface area contributed by atoms with Gasteiger partial charge in [0.15, 0.2) is 0 Å². The van der Waals surface area contributed by atoms with E-state index < -0.39 is 0 Å². The van der Waals surface area contributed by atoms with E-state index in [1.165, 1.54) is 25.7 Å². The predicted molar refractivity (Wildman–Crippen MR) is 90.4 cm³/mol. The molecule has 128 valence electrons. The summed E-state index contributed by atoms with van der Waals surface area (Å²) in [7, 11) is 0. The van der Waals surface area contributed by atoms with E-state index in [0.717, 1.165) is 5.56 Å². The zero-order valence-corrected chi connectivity index (χ0v) is 14.1. The van der Waals surface area contributed by atoms with Crippen molar-refractivity contribution in [2.24, 2.45) is 5.92 Å². The van der Waals surface area contributed by atoms with Crippen LogP contribution in [0.3, 0.4) is 0 Å². The van der Waals surface area contributed by atoms with Gasteiger partial charge in [0.05, 0.1) is 6.61 Å². The summed E-state index contributed by atoms with van der Waals surface area (Å²) in [5.74, 6) is 1.24. The van der Waals surface area contributed by atoms with E-state index >= 15 is 0 Å². The molecule has 0 aromatic heterocycles. The molecule has 0 aliphatic heterocycles. The Labute approximate surface area is 138 Å². The van der Waals surface area contributed by atoms with E-state index in [-0.39, 0.29) is 24.8 Å². The first kappa shape index (κ1) is 17.6. The lowest BCUT2D eigenvalue weighted by Crippen LogP contribution is -2.51. The summed E-state index contributed by atoms with van der Waals surface area (Å²) in [6.45, 7) is 4.81. The van der Waals surface area contributed by atoms with Gasteiger partial charge < -0.3 is 20.5 Å². The number of para-hydroxylation sites is 1. The first-order valence-electron chi connectivity index (χ1n) is 8.40. The van der Waals surface area contributed by atoms with E-state index in [4.69, 9.17) is 9.84 Å². The fourth-order valence-electron chi connectivity index (χ4n) is 3.21. The fraction of sp³-hybridized carbons (Fsp3) is 0.611. The first-order chi connectivity index (χ1) is 11.0. The molecular formula is C18H28N2O3. The van der Waals surface area contributed by atoms with E-state index in [9.17, 15) is 4.79 Å².